The number of fused-ring (bicyclic) bond motifs is 5. The Morgan fingerprint density at radius 2 is 1.84 bits per heavy atom. The van der Waals surface area contributed by atoms with Gasteiger partial charge in [-0.15, -0.1) is 0 Å². The highest BCUT2D eigenvalue weighted by molar-refractivity contribution is 8.76. The van der Waals surface area contributed by atoms with Crippen molar-refractivity contribution in [2.24, 2.45) is 11.8 Å². The molecule has 310 valence electrons. The van der Waals surface area contributed by atoms with Gasteiger partial charge in [-0.1, -0.05) is 77.8 Å². The van der Waals surface area contributed by atoms with Crippen LogP contribution < -0.4 is 15.0 Å². The van der Waals surface area contributed by atoms with Crippen molar-refractivity contribution in [3.63, 3.8) is 0 Å². The van der Waals surface area contributed by atoms with Crippen LogP contribution in [0.15, 0.2) is 35.9 Å². The van der Waals surface area contributed by atoms with Gasteiger partial charge in [0.15, 0.2) is 0 Å². The van der Waals surface area contributed by atoms with E-state index in [-0.39, 0.29) is 48.3 Å². The average molecular weight is 838 g/mol. The number of esters is 1. The number of aliphatic hydroxyl groups is 1. The molecule has 0 radical (unpaired) electrons. The number of nitrogens with one attached hydrogen (secondary N) is 1. The number of ether oxygens (including phenoxy) is 4. The van der Waals surface area contributed by atoms with Gasteiger partial charge in [-0.3, -0.25) is 19.7 Å². The van der Waals surface area contributed by atoms with Gasteiger partial charge in [0.2, 0.25) is 11.8 Å². The van der Waals surface area contributed by atoms with Crippen LogP contribution in [0.25, 0.3) is 0 Å². The summed E-state index contributed by atoms with van der Waals surface area (Å²) in [6.07, 6.45) is 3.23. The lowest BCUT2D eigenvalue weighted by Gasteiger charge is -2.39. The molecule has 4 rings (SSSR count). The monoisotopic (exact) mass is 837 g/mol. The lowest BCUT2D eigenvalue weighted by Crippen LogP contribution is -2.57. The van der Waals surface area contributed by atoms with Crippen molar-refractivity contribution in [2.45, 2.75) is 116 Å². The van der Waals surface area contributed by atoms with Crippen LogP contribution in [-0.4, -0.2) is 108 Å². The molecule has 13 nitrogen and oxygen atoms in total. The molecule has 56 heavy (non-hydrogen) atoms. The van der Waals surface area contributed by atoms with Crippen LogP contribution in [0.3, 0.4) is 0 Å². The number of alkyl carbamates (subject to hydrolysis) is 1. The lowest BCUT2D eigenvalue weighted by molar-refractivity contribution is -0.161. The molecular formula is C40H56ClN3O10S2. The summed E-state index contributed by atoms with van der Waals surface area (Å²) in [5, 5.41) is 14.2. The van der Waals surface area contributed by atoms with Crippen molar-refractivity contribution in [1.82, 2.24) is 10.2 Å². The maximum atomic E-state index is 14.1. The fourth-order valence-corrected chi connectivity index (χ4v) is 9.10. The molecule has 2 saturated heterocycles. The van der Waals surface area contributed by atoms with E-state index in [4.69, 9.17) is 30.5 Å². The van der Waals surface area contributed by atoms with E-state index in [0.29, 0.717) is 35.8 Å². The summed E-state index contributed by atoms with van der Waals surface area (Å²) in [5.41, 5.74) is -0.575. The highest BCUT2D eigenvalue weighted by Crippen LogP contribution is 2.49. The van der Waals surface area contributed by atoms with Crippen molar-refractivity contribution >= 4 is 68.5 Å². The number of Topliss-reactive ketones (excluding diaryl/α,β-unsaturated/α-hetero) is 1. The van der Waals surface area contributed by atoms with Crippen molar-refractivity contribution in [3.8, 4) is 5.75 Å². The molecule has 1 aromatic carbocycles. The molecule has 3 heterocycles. The molecule has 3 amide bonds. The first kappa shape index (κ1) is 45.5. The molecule has 0 spiro atoms. The maximum Gasteiger partial charge on any atom is 0.409 e. The Morgan fingerprint density at radius 3 is 2.50 bits per heavy atom. The van der Waals surface area contributed by atoms with Crippen LogP contribution in [-0.2, 0) is 39.8 Å². The van der Waals surface area contributed by atoms with Crippen LogP contribution in [0.4, 0.5) is 10.5 Å². The molecule has 16 heteroatoms. The van der Waals surface area contributed by atoms with E-state index in [1.54, 1.807) is 33.0 Å². The summed E-state index contributed by atoms with van der Waals surface area (Å²) >= 11 is 6.76. The summed E-state index contributed by atoms with van der Waals surface area (Å²) in [5.74, 6) is -0.162. The molecule has 2 N–H and O–H groups in total. The number of hydrogen-bond donors (Lipinski definition) is 2. The maximum absolute atomic E-state index is 14.1. The second-order valence-corrected chi connectivity index (χ2v) is 18.4. The number of ketones is 1. The number of epoxide rings is 1. The predicted molar refractivity (Wildman–Crippen MR) is 219 cm³/mol. The second kappa shape index (κ2) is 19.5. The first-order chi connectivity index (χ1) is 26.3. The number of carbonyl (C=O) groups excluding carboxylic acids is 5. The molecule has 0 aliphatic carbocycles. The Hall–Kier alpha value is -3.24. The number of methoxy groups -OCH3 is 1. The normalized spacial score (nSPS) is 28.9. The van der Waals surface area contributed by atoms with Crippen LogP contribution in [0.1, 0.15) is 79.2 Å². The fourth-order valence-electron chi connectivity index (χ4n) is 6.80. The van der Waals surface area contributed by atoms with Gasteiger partial charge in [-0.05, 0) is 44.9 Å². The minimum Gasteiger partial charge on any atom is -0.495 e. The molecule has 0 aromatic heterocycles. The fraction of sp³-hybridized carbons (Fsp3) is 0.625. The molecule has 1 aromatic rings. The molecule has 5 unspecified atom stereocenters. The summed E-state index contributed by atoms with van der Waals surface area (Å²) in [4.78, 5) is 68.4. The van der Waals surface area contributed by atoms with Crippen molar-refractivity contribution in [3.05, 3.63) is 46.5 Å². The first-order valence-corrected chi connectivity index (χ1v) is 21.7. The summed E-state index contributed by atoms with van der Waals surface area (Å²) in [6, 6.07) is 2.62. The number of nitrogens with zero attached hydrogens (tertiary/aromatic N) is 2. The Balaban J connectivity index is 1.58. The zero-order chi connectivity index (χ0) is 41.5. The lowest BCUT2D eigenvalue weighted by atomic mass is 9.84. The van der Waals surface area contributed by atoms with E-state index >= 15 is 0 Å². The average Bonchev–Trinajstić information content (AvgIpc) is 3.84. The van der Waals surface area contributed by atoms with Gasteiger partial charge in [0.05, 0.1) is 25.3 Å². The minimum atomic E-state index is -1.58. The SMILES string of the molecule is COc1cc2cc(c1Cl)N(C)C(=O)C[C@@H](OC(=O)C(C)N(C)C(=O)CCSSCCC(=O)C(C)C)C1(C)OC1C(C)C1C[C@@](O)(C/C=C/C=C(\C)C2)NC(=O)O1. The van der Waals surface area contributed by atoms with Crippen LogP contribution in [0.5, 0.6) is 5.75 Å². The smallest absolute Gasteiger partial charge is 0.409 e. The van der Waals surface area contributed by atoms with Crippen molar-refractivity contribution in [2.75, 3.05) is 37.6 Å². The number of likely N-dealkylation sites (N-methyl/N-ethyl adjacent to an activating group) is 1. The van der Waals surface area contributed by atoms with Gasteiger partial charge >= 0.3 is 12.1 Å². The van der Waals surface area contributed by atoms with Gasteiger partial charge in [-0.25, -0.2) is 9.59 Å². The molecule has 7 atom stereocenters. The Morgan fingerprint density at radius 1 is 1.16 bits per heavy atom. The topological polar surface area (TPSA) is 164 Å². The van der Waals surface area contributed by atoms with E-state index in [1.807, 2.05) is 45.9 Å². The molecule has 3 aliphatic heterocycles. The molecule has 0 saturated carbocycles. The predicted octanol–water partition coefficient (Wildman–Crippen LogP) is 6.28. The number of hydrogen-bond acceptors (Lipinski definition) is 12. The van der Waals surface area contributed by atoms with E-state index in [1.165, 1.54) is 45.5 Å². The minimum absolute atomic E-state index is 0.00680. The number of amides is 3. The summed E-state index contributed by atoms with van der Waals surface area (Å²) in [6.45, 7) is 10.8. The number of benzene rings is 1. The summed E-state index contributed by atoms with van der Waals surface area (Å²) < 4.78 is 23.6. The second-order valence-electron chi connectivity index (χ2n) is 15.4. The van der Waals surface area contributed by atoms with Crippen LogP contribution >= 0.6 is 33.2 Å². The Labute approximate surface area is 343 Å². The van der Waals surface area contributed by atoms with Gasteiger partial charge < -0.3 is 33.9 Å². The Kier molecular flexibility index (Phi) is 15.8. The van der Waals surface area contributed by atoms with Gasteiger partial charge in [0, 0.05) is 63.1 Å². The zero-order valence-electron chi connectivity index (χ0n) is 33.7. The highest BCUT2D eigenvalue weighted by atomic mass is 35.5. The van der Waals surface area contributed by atoms with E-state index in [9.17, 15) is 29.1 Å². The number of anilines is 1. The van der Waals surface area contributed by atoms with E-state index < -0.39 is 59.6 Å². The van der Waals surface area contributed by atoms with Crippen molar-refractivity contribution in [1.29, 1.82) is 0 Å². The third-order valence-corrected chi connectivity index (χ3v) is 13.5. The summed E-state index contributed by atoms with van der Waals surface area (Å²) in [7, 11) is 7.63. The standard InChI is InChI=1S/C40H56ClN3O10S2/c1-23(2)29(45)13-16-55-56-17-14-33(46)43(7)26(5)37(48)53-32-21-34(47)44(8)28-19-27(20-30(51-9)35(28)41)18-24(3)12-10-11-15-40(50)22-31(52-38(49)42-40)25(4)36-39(32,6)54-36/h10-12,19-20,23,25-26,31-32,36,50H,13-18,21-22H2,1-9H3,(H,42,49)/b11-10+,24-12+/t25?,26?,31?,32-,36?,39?,40+/m1/s1. The largest absolute Gasteiger partial charge is 0.495 e. The number of rotatable bonds is 12. The zero-order valence-corrected chi connectivity index (χ0v) is 36.1. The third kappa shape index (κ3) is 11.5. The number of carbonyl (C=O) groups is 5. The van der Waals surface area contributed by atoms with Gasteiger partial charge in [0.1, 0.15) is 46.1 Å². The van der Waals surface area contributed by atoms with E-state index in [0.717, 1.165) is 11.1 Å². The molecular weight excluding hydrogens is 782 g/mol. The van der Waals surface area contributed by atoms with Crippen LogP contribution in [0.2, 0.25) is 5.02 Å². The molecule has 4 bridgehead atoms. The third-order valence-electron chi connectivity index (χ3n) is 10.7. The molecule has 3 aliphatic rings. The quantitative estimate of drug-likeness (QED) is 0.105. The number of allylic oxidation sites excluding steroid dienone is 3. The first-order valence-electron chi connectivity index (χ1n) is 18.9. The van der Waals surface area contributed by atoms with E-state index in [2.05, 4.69) is 5.32 Å². The van der Waals surface area contributed by atoms with Gasteiger partial charge in [0.25, 0.3) is 0 Å². The molecule has 2 fully saturated rings. The Bertz CT molecular complexity index is 1710. The van der Waals surface area contributed by atoms with Crippen molar-refractivity contribution < 1.29 is 48.0 Å². The van der Waals surface area contributed by atoms with Gasteiger partial charge in [-0.2, -0.15) is 0 Å². The highest BCUT2D eigenvalue weighted by Gasteiger charge is 2.64. The number of halogens is 1. The van der Waals surface area contributed by atoms with Crippen LogP contribution in [0, 0.1) is 11.8 Å².